The number of hydrogen-bond donors (Lipinski definition) is 1. The van der Waals surface area contributed by atoms with Crippen LogP contribution in [0.4, 0.5) is 5.82 Å². The van der Waals surface area contributed by atoms with Gasteiger partial charge in [0.15, 0.2) is 0 Å². The standard InChI is InChI=1S/C15H17N3O2/c1-11-9-12(15(19)20)10-17-14(11)18(2)8-6-13-5-3-4-7-16-13/h3-5,7,9-10H,6,8H2,1-2H3,(H,19,20). The first-order valence-electron chi connectivity index (χ1n) is 6.39. The lowest BCUT2D eigenvalue weighted by atomic mass is 10.2. The molecule has 0 unspecified atom stereocenters. The summed E-state index contributed by atoms with van der Waals surface area (Å²) in [5.41, 5.74) is 2.09. The van der Waals surface area contributed by atoms with E-state index in [1.807, 2.05) is 37.1 Å². The number of anilines is 1. The normalized spacial score (nSPS) is 10.3. The van der Waals surface area contributed by atoms with Crippen molar-refractivity contribution in [2.45, 2.75) is 13.3 Å². The van der Waals surface area contributed by atoms with E-state index in [0.717, 1.165) is 30.0 Å². The third-order valence-electron chi connectivity index (χ3n) is 3.09. The first kappa shape index (κ1) is 14.0. The number of hydrogen-bond acceptors (Lipinski definition) is 4. The van der Waals surface area contributed by atoms with E-state index in [2.05, 4.69) is 9.97 Å². The second-order valence-electron chi connectivity index (χ2n) is 4.66. The minimum absolute atomic E-state index is 0.212. The van der Waals surface area contributed by atoms with Gasteiger partial charge in [-0.25, -0.2) is 9.78 Å². The molecule has 2 aromatic rings. The highest BCUT2D eigenvalue weighted by Crippen LogP contribution is 2.17. The smallest absolute Gasteiger partial charge is 0.337 e. The second-order valence-corrected chi connectivity index (χ2v) is 4.66. The molecule has 0 saturated heterocycles. The van der Waals surface area contributed by atoms with E-state index in [9.17, 15) is 4.79 Å². The second kappa shape index (κ2) is 6.14. The van der Waals surface area contributed by atoms with Crippen LogP contribution in [0.15, 0.2) is 36.7 Å². The zero-order valence-corrected chi connectivity index (χ0v) is 11.6. The number of aryl methyl sites for hydroxylation is 1. The molecule has 0 aliphatic heterocycles. The molecule has 2 heterocycles. The van der Waals surface area contributed by atoms with Crippen molar-refractivity contribution in [3.05, 3.63) is 53.5 Å². The summed E-state index contributed by atoms with van der Waals surface area (Å²) in [5.74, 6) is -0.158. The summed E-state index contributed by atoms with van der Waals surface area (Å²) in [6, 6.07) is 7.49. The van der Waals surface area contributed by atoms with E-state index < -0.39 is 5.97 Å². The molecule has 2 rings (SSSR count). The number of carboxylic acid groups (broad SMARTS) is 1. The quantitative estimate of drug-likeness (QED) is 0.902. The summed E-state index contributed by atoms with van der Waals surface area (Å²) in [6.07, 6.45) is 3.99. The zero-order valence-electron chi connectivity index (χ0n) is 11.6. The molecule has 0 spiro atoms. The number of pyridine rings is 2. The maximum absolute atomic E-state index is 10.9. The first-order valence-corrected chi connectivity index (χ1v) is 6.39. The summed E-state index contributed by atoms with van der Waals surface area (Å²) < 4.78 is 0. The summed E-state index contributed by atoms with van der Waals surface area (Å²) in [7, 11) is 1.94. The monoisotopic (exact) mass is 271 g/mol. The molecule has 0 fully saturated rings. The summed E-state index contributed by atoms with van der Waals surface area (Å²) >= 11 is 0. The molecule has 5 heteroatoms. The number of carbonyl (C=O) groups is 1. The van der Waals surface area contributed by atoms with Gasteiger partial charge in [-0.1, -0.05) is 6.07 Å². The van der Waals surface area contributed by atoms with Crippen molar-refractivity contribution in [2.24, 2.45) is 0 Å². The minimum Gasteiger partial charge on any atom is -0.478 e. The van der Waals surface area contributed by atoms with Crippen LogP contribution in [0.5, 0.6) is 0 Å². The molecule has 0 aliphatic carbocycles. The van der Waals surface area contributed by atoms with Crippen LogP contribution in [0, 0.1) is 6.92 Å². The molecule has 104 valence electrons. The number of rotatable bonds is 5. The molecule has 20 heavy (non-hydrogen) atoms. The lowest BCUT2D eigenvalue weighted by Gasteiger charge is -2.20. The lowest BCUT2D eigenvalue weighted by Crippen LogP contribution is -2.23. The van der Waals surface area contributed by atoms with Crippen LogP contribution in [0.3, 0.4) is 0 Å². The maximum Gasteiger partial charge on any atom is 0.337 e. The highest BCUT2D eigenvalue weighted by atomic mass is 16.4. The molecule has 2 aromatic heterocycles. The third-order valence-corrected chi connectivity index (χ3v) is 3.09. The maximum atomic E-state index is 10.9. The number of nitrogens with zero attached hydrogens (tertiary/aromatic N) is 3. The fourth-order valence-electron chi connectivity index (χ4n) is 2.02. The molecule has 0 radical (unpaired) electrons. The van der Waals surface area contributed by atoms with Crippen molar-refractivity contribution < 1.29 is 9.90 Å². The van der Waals surface area contributed by atoms with Crippen LogP contribution >= 0.6 is 0 Å². The Bertz CT molecular complexity index is 599. The van der Waals surface area contributed by atoms with Crippen molar-refractivity contribution in [2.75, 3.05) is 18.5 Å². The van der Waals surface area contributed by atoms with Gasteiger partial charge in [0.05, 0.1) is 5.56 Å². The van der Waals surface area contributed by atoms with Gasteiger partial charge in [-0.15, -0.1) is 0 Å². The largest absolute Gasteiger partial charge is 0.478 e. The average Bonchev–Trinajstić information content (AvgIpc) is 2.45. The topological polar surface area (TPSA) is 66.3 Å². The molecule has 0 aliphatic rings. The molecule has 5 nitrogen and oxygen atoms in total. The van der Waals surface area contributed by atoms with Gasteiger partial charge < -0.3 is 10.0 Å². The molecular formula is C15H17N3O2. The van der Waals surface area contributed by atoms with Gasteiger partial charge in [-0.2, -0.15) is 0 Å². The van der Waals surface area contributed by atoms with E-state index in [1.54, 1.807) is 12.3 Å². The molecule has 0 bridgehead atoms. The van der Waals surface area contributed by atoms with Gasteiger partial charge in [0.25, 0.3) is 0 Å². The van der Waals surface area contributed by atoms with Crippen LogP contribution in [-0.2, 0) is 6.42 Å². The van der Waals surface area contributed by atoms with Gasteiger partial charge in [-0.3, -0.25) is 4.98 Å². The van der Waals surface area contributed by atoms with Crippen LogP contribution in [0.1, 0.15) is 21.6 Å². The van der Waals surface area contributed by atoms with Gasteiger partial charge in [0, 0.05) is 38.1 Å². The minimum atomic E-state index is -0.955. The van der Waals surface area contributed by atoms with Crippen LogP contribution in [0.25, 0.3) is 0 Å². The van der Waals surface area contributed by atoms with Crippen LogP contribution < -0.4 is 4.90 Å². The van der Waals surface area contributed by atoms with Crippen molar-refractivity contribution >= 4 is 11.8 Å². The van der Waals surface area contributed by atoms with Gasteiger partial charge in [-0.05, 0) is 30.7 Å². The molecule has 0 amide bonds. The summed E-state index contributed by atoms with van der Waals surface area (Å²) in [6.45, 7) is 2.64. The molecular weight excluding hydrogens is 254 g/mol. The Kier molecular flexibility index (Phi) is 4.30. The molecule has 0 atom stereocenters. The van der Waals surface area contributed by atoms with Crippen molar-refractivity contribution in [3.63, 3.8) is 0 Å². The van der Waals surface area contributed by atoms with Crippen molar-refractivity contribution in [3.8, 4) is 0 Å². The van der Waals surface area contributed by atoms with E-state index in [-0.39, 0.29) is 5.56 Å². The number of aromatic carboxylic acids is 1. The Hall–Kier alpha value is -2.43. The fourth-order valence-corrected chi connectivity index (χ4v) is 2.02. The predicted molar refractivity (Wildman–Crippen MR) is 77.1 cm³/mol. The van der Waals surface area contributed by atoms with Crippen molar-refractivity contribution in [1.29, 1.82) is 0 Å². The van der Waals surface area contributed by atoms with Gasteiger partial charge in [0.1, 0.15) is 5.82 Å². The van der Waals surface area contributed by atoms with Crippen LogP contribution in [-0.4, -0.2) is 34.6 Å². The van der Waals surface area contributed by atoms with Gasteiger partial charge >= 0.3 is 5.97 Å². The average molecular weight is 271 g/mol. The number of aromatic nitrogens is 2. The summed E-state index contributed by atoms with van der Waals surface area (Å²) in [4.78, 5) is 21.4. The Morgan fingerprint density at radius 1 is 1.35 bits per heavy atom. The van der Waals surface area contributed by atoms with E-state index in [1.165, 1.54) is 6.20 Å². The third kappa shape index (κ3) is 3.32. The highest BCUT2D eigenvalue weighted by Gasteiger charge is 2.10. The predicted octanol–water partition coefficient (Wildman–Crippen LogP) is 2.16. The van der Waals surface area contributed by atoms with Crippen LogP contribution in [0.2, 0.25) is 0 Å². The fraction of sp³-hybridized carbons (Fsp3) is 0.267. The van der Waals surface area contributed by atoms with Gasteiger partial charge in [0.2, 0.25) is 0 Å². The Morgan fingerprint density at radius 3 is 2.75 bits per heavy atom. The van der Waals surface area contributed by atoms with Crippen molar-refractivity contribution in [1.82, 2.24) is 9.97 Å². The molecule has 0 aromatic carbocycles. The Balaban J connectivity index is 2.06. The first-order chi connectivity index (χ1) is 9.58. The Morgan fingerprint density at radius 2 is 2.15 bits per heavy atom. The van der Waals surface area contributed by atoms with E-state index in [0.29, 0.717) is 0 Å². The zero-order chi connectivity index (χ0) is 14.5. The lowest BCUT2D eigenvalue weighted by molar-refractivity contribution is 0.0696. The SMILES string of the molecule is Cc1cc(C(=O)O)cnc1N(C)CCc1ccccn1. The number of carboxylic acids is 1. The highest BCUT2D eigenvalue weighted by molar-refractivity contribution is 5.87. The Labute approximate surface area is 117 Å². The summed E-state index contributed by atoms with van der Waals surface area (Å²) in [5, 5.41) is 8.93. The molecule has 1 N–H and O–H groups in total. The molecule has 0 saturated carbocycles. The van der Waals surface area contributed by atoms with E-state index in [4.69, 9.17) is 5.11 Å². The number of likely N-dealkylation sites (N-methyl/N-ethyl adjacent to an activating group) is 1. The van der Waals surface area contributed by atoms with E-state index >= 15 is 0 Å².